The average Bonchev–Trinajstić information content (AvgIpc) is 2.28. The van der Waals surface area contributed by atoms with Gasteiger partial charge in [0.2, 0.25) is 5.91 Å². The maximum Gasteiger partial charge on any atom is 0.245 e. The number of hydrogen-bond donors (Lipinski definition) is 0. The van der Waals surface area contributed by atoms with Crippen LogP contribution in [0.4, 0.5) is 0 Å². The molecule has 1 saturated heterocycles. The van der Waals surface area contributed by atoms with E-state index in [1.54, 1.807) is 0 Å². The number of nitrogens with zero attached hydrogens (tertiary/aromatic N) is 1. The maximum atomic E-state index is 11.4. The lowest BCUT2D eigenvalue weighted by Gasteiger charge is -2.40. The van der Waals surface area contributed by atoms with Gasteiger partial charge in [-0.2, -0.15) is 0 Å². The highest BCUT2D eigenvalue weighted by atomic mass is 16.2. The summed E-state index contributed by atoms with van der Waals surface area (Å²) >= 11 is 0. The van der Waals surface area contributed by atoms with Crippen molar-refractivity contribution in [1.82, 2.24) is 4.90 Å². The summed E-state index contributed by atoms with van der Waals surface area (Å²) in [5.74, 6) is 0.0887. The van der Waals surface area contributed by atoms with Gasteiger partial charge in [0.1, 0.15) is 0 Å². The van der Waals surface area contributed by atoms with Crippen molar-refractivity contribution in [3.8, 4) is 0 Å². The highest BCUT2D eigenvalue weighted by Crippen LogP contribution is 2.37. The van der Waals surface area contributed by atoms with Crippen molar-refractivity contribution < 1.29 is 4.79 Å². The monoisotopic (exact) mass is 195 g/mol. The Bertz CT molecular complexity index is 208. The molecule has 1 rings (SSSR count). The highest BCUT2D eigenvalue weighted by molar-refractivity contribution is 5.87. The summed E-state index contributed by atoms with van der Waals surface area (Å²) in [7, 11) is 0. The molecule has 0 aliphatic carbocycles. The van der Waals surface area contributed by atoms with E-state index in [-0.39, 0.29) is 5.91 Å². The van der Waals surface area contributed by atoms with Gasteiger partial charge >= 0.3 is 0 Å². The first-order valence-corrected chi connectivity index (χ1v) is 5.59. The number of carbonyl (C=O) groups excluding carboxylic acids is 1. The Balaban J connectivity index is 2.52. The first-order chi connectivity index (χ1) is 6.67. The van der Waals surface area contributed by atoms with Crippen LogP contribution in [0.5, 0.6) is 0 Å². The highest BCUT2D eigenvalue weighted by Gasteiger charge is 2.31. The quantitative estimate of drug-likeness (QED) is 0.634. The first kappa shape index (κ1) is 11.3. The SMILES string of the molecule is C=CC(=O)N1CCC(CC)(CC)CC1. The topological polar surface area (TPSA) is 20.3 Å². The van der Waals surface area contributed by atoms with Crippen LogP contribution in [0.2, 0.25) is 0 Å². The van der Waals surface area contributed by atoms with E-state index in [4.69, 9.17) is 0 Å². The molecule has 0 atom stereocenters. The number of likely N-dealkylation sites (tertiary alicyclic amines) is 1. The van der Waals surface area contributed by atoms with Gasteiger partial charge in [-0.25, -0.2) is 0 Å². The van der Waals surface area contributed by atoms with Crippen molar-refractivity contribution in [2.45, 2.75) is 39.5 Å². The molecule has 1 amide bonds. The Morgan fingerprint density at radius 3 is 2.21 bits per heavy atom. The number of carbonyl (C=O) groups is 1. The van der Waals surface area contributed by atoms with Crippen LogP contribution in [-0.2, 0) is 4.79 Å². The molecule has 0 aromatic heterocycles. The van der Waals surface area contributed by atoms with Gasteiger partial charge < -0.3 is 4.90 Å². The fraction of sp³-hybridized carbons (Fsp3) is 0.750. The zero-order valence-corrected chi connectivity index (χ0v) is 9.38. The van der Waals surface area contributed by atoms with Gasteiger partial charge in [-0.15, -0.1) is 0 Å². The fourth-order valence-corrected chi connectivity index (χ4v) is 2.29. The minimum absolute atomic E-state index is 0.0887. The third kappa shape index (κ3) is 2.17. The second kappa shape index (κ2) is 4.63. The molecule has 2 heteroatoms. The molecular weight excluding hydrogens is 174 g/mol. The van der Waals surface area contributed by atoms with Crippen molar-refractivity contribution in [2.75, 3.05) is 13.1 Å². The Labute approximate surface area is 87.0 Å². The molecule has 0 saturated carbocycles. The summed E-state index contributed by atoms with van der Waals surface area (Å²) in [5, 5.41) is 0. The standard InChI is InChI=1S/C12H21NO/c1-4-11(14)13-9-7-12(5-2,6-3)8-10-13/h4H,1,5-10H2,2-3H3. The minimum Gasteiger partial charge on any atom is -0.339 e. The summed E-state index contributed by atoms with van der Waals surface area (Å²) in [5.41, 5.74) is 0.498. The molecule has 14 heavy (non-hydrogen) atoms. The Morgan fingerprint density at radius 2 is 1.86 bits per heavy atom. The summed E-state index contributed by atoms with van der Waals surface area (Å²) < 4.78 is 0. The van der Waals surface area contributed by atoms with Crippen LogP contribution < -0.4 is 0 Å². The van der Waals surface area contributed by atoms with E-state index in [0.29, 0.717) is 5.41 Å². The zero-order chi connectivity index (χ0) is 10.6. The van der Waals surface area contributed by atoms with Crippen LogP contribution in [0.1, 0.15) is 39.5 Å². The van der Waals surface area contributed by atoms with Gasteiger partial charge in [-0.3, -0.25) is 4.79 Å². The zero-order valence-electron chi connectivity index (χ0n) is 9.38. The van der Waals surface area contributed by atoms with Crippen molar-refractivity contribution >= 4 is 5.91 Å². The van der Waals surface area contributed by atoms with E-state index in [9.17, 15) is 4.79 Å². The molecule has 0 aromatic carbocycles. The van der Waals surface area contributed by atoms with Crippen LogP contribution >= 0.6 is 0 Å². The van der Waals surface area contributed by atoms with Crippen LogP contribution in [0, 0.1) is 5.41 Å². The summed E-state index contributed by atoms with van der Waals surface area (Å²) in [6, 6.07) is 0. The minimum atomic E-state index is 0.0887. The molecular formula is C12H21NO. The van der Waals surface area contributed by atoms with Gasteiger partial charge in [0.15, 0.2) is 0 Å². The van der Waals surface area contributed by atoms with Crippen molar-refractivity contribution in [3.63, 3.8) is 0 Å². The van der Waals surface area contributed by atoms with E-state index in [1.807, 2.05) is 4.90 Å². The fourth-order valence-electron chi connectivity index (χ4n) is 2.29. The van der Waals surface area contributed by atoms with Gasteiger partial charge in [0.05, 0.1) is 0 Å². The number of hydrogen-bond acceptors (Lipinski definition) is 1. The smallest absolute Gasteiger partial charge is 0.245 e. The largest absolute Gasteiger partial charge is 0.339 e. The van der Waals surface area contributed by atoms with Crippen LogP contribution in [-0.4, -0.2) is 23.9 Å². The molecule has 0 N–H and O–H groups in total. The third-order valence-electron chi connectivity index (χ3n) is 3.81. The summed E-state index contributed by atoms with van der Waals surface area (Å²) in [6.45, 7) is 9.86. The average molecular weight is 195 g/mol. The second-order valence-corrected chi connectivity index (χ2v) is 4.24. The van der Waals surface area contributed by atoms with Gasteiger partial charge in [0, 0.05) is 13.1 Å². The Morgan fingerprint density at radius 1 is 1.36 bits per heavy atom. The number of rotatable bonds is 3. The van der Waals surface area contributed by atoms with Crippen molar-refractivity contribution in [3.05, 3.63) is 12.7 Å². The molecule has 2 nitrogen and oxygen atoms in total. The lowest BCUT2D eigenvalue weighted by atomic mass is 9.74. The van der Waals surface area contributed by atoms with E-state index >= 15 is 0 Å². The molecule has 1 fully saturated rings. The van der Waals surface area contributed by atoms with Crippen LogP contribution in [0.25, 0.3) is 0 Å². The second-order valence-electron chi connectivity index (χ2n) is 4.24. The summed E-state index contributed by atoms with van der Waals surface area (Å²) in [6.07, 6.45) is 6.20. The lowest BCUT2D eigenvalue weighted by Crippen LogP contribution is -2.42. The van der Waals surface area contributed by atoms with Crippen LogP contribution in [0.15, 0.2) is 12.7 Å². The normalized spacial score (nSPS) is 20.6. The number of amides is 1. The molecule has 0 spiro atoms. The van der Waals surface area contributed by atoms with E-state index in [1.165, 1.54) is 18.9 Å². The third-order valence-corrected chi connectivity index (χ3v) is 3.81. The Hall–Kier alpha value is -0.790. The molecule has 80 valence electrons. The van der Waals surface area contributed by atoms with Crippen LogP contribution in [0.3, 0.4) is 0 Å². The van der Waals surface area contributed by atoms with Gasteiger partial charge in [-0.1, -0.05) is 33.3 Å². The molecule has 1 aliphatic rings. The predicted octanol–water partition coefficient (Wildman–Crippen LogP) is 2.60. The number of piperidine rings is 1. The van der Waals surface area contributed by atoms with E-state index in [2.05, 4.69) is 20.4 Å². The molecule has 0 bridgehead atoms. The van der Waals surface area contributed by atoms with Gasteiger partial charge in [-0.05, 0) is 24.3 Å². The lowest BCUT2D eigenvalue weighted by molar-refractivity contribution is -0.128. The van der Waals surface area contributed by atoms with E-state index < -0.39 is 0 Å². The molecule has 1 heterocycles. The van der Waals surface area contributed by atoms with Gasteiger partial charge in [0.25, 0.3) is 0 Å². The molecule has 0 aromatic rings. The molecule has 1 aliphatic heterocycles. The van der Waals surface area contributed by atoms with Crippen molar-refractivity contribution in [1.29, 1.82) is 0 Å². The first-order valence-electron chi connectivity index (χ1n) is 5.59. The molecule has 0 unspecified atom stereocenters. The van der Waals surface area contributed by atoms with E-state index in [0.717, 1.165) is 25.9 Å². The summed E-state index contributed by atoms with van der Waals surface area (Å²) in [4.78, 5) is 13.3. The van der Waals surface area contributed by atoms with Crippen molar-refractivity contribution in [2.24, 2.45) is 5.41 Å². The maximum absolute atomic E-state index is 11.4. The Kier molecular flexibility index (Phi) is 3.73. The molecule has 0 radical (unpaired) electrons. The predicted molar refractivity (Wildman–Crippen MR) is 59.0 cm³/mol.